The predicted molar refractivity (Wildman–Crippen MR) is 65.9 cm³/mol. The van der Waals surface area contributed by atoms with Crippen molar-refractivity contribution < 1.29 is 9.53 Å². The van der Waals surface area contributed by atoms with Gasteiger partial charge in [0.1, 0.15) is 5.75 Å². The van der Waals surface area contributed by atoms with Crippen LogP contribution in [-0.2, 0) is 11.2 Å². The number of carbonyl (C=O) groups excluding carboxylic acids is 1. The van der Waals surface area contributed by atoms with Gasteiger partial charge in [-0.05, 0) is 24.1 Å². The van der Waals surface area contributed by atoms with Crippen molar-refractivity contribution in [1.82, 2.24) is 4.90 Å². The minimum Gasteiger partial charge on any atom is -0.497 e. The van der Waals surface area contributed by atoms with Crippen LogP contribution in [0.1, 0.15) is 12.0 Å². The van der Waals surface area contributed by atoms with Crippen LogP contribution in [0.25, 0.3) is 0 Å². The summed E-state index contributed by atoms with van der Waals surface area (Å²) in [6.45, 7) is 1.44. The zero-order valence-electron chi connectivity index (χ0n) is 10.1. The van der Waals surface area contributed by atoms with Crippen LogP contribution >= 0.6 is 0 Å². The Hall–Kier alpha value is -1.55. The summed E-state index contributed by atoms with van der Waals surface area (Å²) in [5, 5.41) is 0. The van der Waals surface area contributed by atoms with Gasteiger partial charge in [-0.25, -0.2) is 0 Å². The second-order valence-corrected chi connectivity index (χ2v) is 4.40. The number of benzene rings is 1. The van der Waals surface area contributed by atoms with Crippen molar-refractivity contribution in [2.75, 3.05) is 20.2 Å². The molecule has 92 valence electrons. The molecule has 1 aromatic rings. The molecule has 1 fully saturated rings. The Labute approximate surface area is 101 Å². The van der Waals surface area contributed by atoms with Gasteiger partial charge in [-0.15, -0.1) is 0 Å². The lowest BCUT2D eigenvalue weighted by Gasteiger charge is -2.15. The van der Waals surface area contributed by atoms with Crippen LogP contribution < -0.4 is 10.5 Å². The van der Waals surface area contributed by atoms with Gasteiger partial charge in [-0.3, -0.25) is 4.79 Å². The lowest BCUT2D eigenvalue weighted by molar-refractivity contribution is -0.127. The summed E-state index contributed by atoms with van der Waals surface area (Å²) in [5.41, 5.74) is 6.95. The molecule has 1 unspecified atom stereocenters. The van der Waals surface area contributed by atoms with E-state index in [0.29, 0.717) is 13.0 Å². The molecule has 1 aromatic carbocycles. The third kappa shape index (κ3) is 2.97. The van der Waals surface area contributed by atoms with Gasteiger partial charge < -0.3 is 15.4 Å². The first kappa shape index (κ1) is 11.9. The topological polar surface area (TPSA) is 55.6 Å². The van der Waals surface area contributed by atoms with E-state index in [1.54, 1.807) is 7.11 Å². The van der Waals surface area contributed by atoms with Crippen LogP contribution in [0.5, 0.6) is 5.75 Å². The Morgan fingerprint density at radius 3 is 2.65 bits per heavy atom. The second-order valence-electron chi connectivity index (χ2n) is 4.40. The highest BCUT2D eigenvalue weighted by Gasteiger charge is 2.26. The van der Waals surface area contributed by atoms with E-state index < -0.39 is 0 Å². The molecule has 1 heterocycles. The maximum absolute atomic E-state index is 11.5. The molecule has 0 aromatic heterocycles. The quantitative estimate of drug-likeness (QED) is 0.838. The fraction of sp³-hybridized carbons (Fsp3) is 0.462. The fourth-order valence-electron chi connectivity index (χ4n) is 2.08. The summed E-state index contributed by atoms with van der Waals surface area (Å²) >= 11 is 0. The number of nitrogens with two attached hydrogens (primary N) is 1. The Kier molecular flexibility index (Phi) is 3.64. The van der Waals surface area contributed by atoms with E-state index in [-0.39, 0.29) is 11.9 Å². The van der Waals surface area contributed by atoms with Gasteiger partial charge in [0.15, 0.2) is 0 Å². The molecule has 2 rings (SSSR count). The summed E-state index contributed by atoms with van der Waals surface area (Å²) in [6.07, 6.45) is 1.35. The van der Waals surface area contributed by atoms with E-state index in [2.05, 4.69) is 0 Å². The number of rotatable bonds is 4. The minimum atomic E-state index is 0.0124. The molecular weight excluding hydrogens is 216 g/mol. The van der Waals surface area contributed by atoms with Gasteiger partial charge in [0.25, 0.3) is 0 Å². The van der Waals surface area contributed by atoms with E-state index in [4.69, 9.17) is 10.5 Å². The highest BCUT2D eigenvalue weighted by atomic mass is 16.5. The van der Waals surface area contributed by atoms with Crippen LogP contribution in [0.3, 0.4) is 0 Å². The van der Waals surface area contributed by atoms with Gasteiger partial charge in [0.2, 0.25) is 5.91 Å². The Morgan fingerprint density at radius 2 is 2.12 bits per heavy atom. The molecule has 2 N–H and O–H groups in total. The minimum absolute atomic E-state index is 0.0124. The standard InChI is InChI=1S/C13H18N2O2/c1-17-12-4-2-10(3-5-12)6-7-15-9-11(14)8-13(15)16/h2-5,11H,6-9,14H2,1H3. The number of nitrogens with zero attached hydrogens (tertiary/aromatic N) is 1. The van der Waals surface area contributed by atoms with Crippen molar-refractivity contribution >= 4 is 5.91 Å². The molecular formula is C13H18N2O2. The molecule has 0 bridgehead atoms. The van der Waals surface area contributed by atoms with Gasteiger partial charge in [0.05, 0.1) is 7.11 Å². The van der Waals surface area contributed by atoms with Crippen LogP contribution in [0.2, 0.25) is 0 Å². The highest BCUT2D eigenvalue weighted by Crippen LogP contribution is 2.14. The van der Waals surface area contributed by atoms with Crippen molar-refractivity contribution in [2.45, 2.75) is 18.9 Å². The predicted octanol–water partition coefficient (Wildman–Crippen LogP) is 0.797. The van der Waals surface area contributed by atoms with E-state index in [0.717, 1.165) is 18.7 Å². The van der Waals surface area contributed by atoms with Crippen LogP contribution in [0, 0.1) is 0 Å². The Morgan fingerprint density at radius 1 is 1.41 bits per heavy atom. The molecule has 1 aliphatic rings. The zero-order valence-corrected chi connectivity index (χ0v) is 10.1. The first-order chi connectivity index (χ1) is 8.19. The molecule has 1 saturated heterocycles. The normalized spacial score (nSPS) is 19.8. The lowest BCUT2D eigenvalue weighted by atomic mass is 10.1. The zero-order chi connectivity index (χ0) is 12.3. The molecule has 1 atom stereocenters. The van der Waals surface area contributed by atoms with Crippen molar-refractivity contribution in [3.8, 4) is 5.75 Å². The summed E-state index contributed by atoms with van der Waals surface area (Å²) in [5.74, 6) is 1.03. The summed E-state index contributed by atoms with van der Waals surface area (Å²) < 4.78 is 5.10. The van der Waals surface area contributed by atoms with E-state index in [1.807, 2.05) is 29.2 Å². The Balaban J connectivity index is 1.87. The largest absolute Gasteiger partial charge is 0.497 e. The van der Waals surface area contributed by atoms with E-state index >= 15 is 0 Å². The third-order valence-corrected chi connectivity index (χ3v) is 3.07. The molecule has 4 heteroatoms. The first-order valence-electron chi connectivity index (χ1n) is 5.85. The maximum Gasteiger partial charge on any atom is 0.224 e. The van der Waals surface area contributed by atoms with Crippen molar-refractivity contribution in [1.29, 1.82) is 0 Å². The Bertz CT molecular complexity index is 389. The monoisotopic (exact) mass is 234 g/mol. The van der Waals surface area contributed by atoms with Crippen molar-refractivity contribution in [2.24, 2.45) is 5.73 Å². The molecule has 4 nitrogen and oxygen atoms in total. The average Bonchev–Trinajstić information content (AvgIpc) is 2.66. The van der Waals surface area contributed by atoms with E-state index in [1.165, 1.54) is 5.56 Å². The number of hydrogen-bond donors (Lipinski definition) is 1. The highest BCUT2D eigenvalue weighted by molar-refractivity contribution is 5.79. The fourth-order valence-corrected chi connectivity index (χ4v) is 2.08. The van der Waals surface area contributed by atoms with Gasteiger partial charge in [-0.2, -0.15) is 0 Å². The number of ether oxygens (including phenoxy) is 1. The van der Waals surface area contributed by atoms with Crippen LogP contribution in [0.15, 0.2) is 24.3 Å². The summed E-state index contributed by atoms with van der Waals surface area (Å²) in [7, 11) is 1.65. The van der Waals surface area contributed by atoms with Gasteiger partial charge in [-0.1, -0.05) is 12.1 Å². The first-order valence-corrected chi connectivity index (χ1v) is 5.85. The number of methoxy groups -OCH3 is 1. The SMILES string of the molecule is COc1ccc(CCN2CC(N)CC2=O)cc1. The third-order valence-electron chi connectivity index (χ3n) is 3.07. The van der Waals surface area contributed by atoms with E-state index in [9.17, 15) is 4.79 Å². The maximum atomic E-state index is 11.5. The molecule has 0 radical (unpaired) electrons. The molecule has 0 spiro atoms. The van der Waals surface area contributed by atoms with Gasteiger partial charge >= 0.3 is 0 Å². The lowest BCUT2D eigenvalue weighted by Crippen LogP contribution is -2.30. The van der Waals surface area contributed by atoms with Crippen LogP contribution in [0.4, 0.5) is 0 Å². The van der Waals surface area contributed by atoms with Crippen LogP contribution in [-0.4, -0.2) is 37.0 Å². The summed E-state index contributed by atoms with van der Waals surface area (Å²) in [4.78, 5) is 13.4. The number of hydrogen-bond acceptors (Lipinski definition) is 3. The molecule has 17 heavy (non-hydrogen) atoms. The van der Waals surface area contributed by atoms with Gasteiger partial charge in [0, 0.05) is 25.6 Å². The molecule has 1 aliphatic heterocycles. The molecule has 1 amide bonds. The van der Waals surface area contributed by atoms with Crippen molar-refractivity contribution in [3.63, 3.8) is 0 Å². The average molecular weight is 234 g/mol. The second kappa shape index (κ2) is 5.19. The smallest absolute Gasteiger partial charge is 0.224 e. The van der Waals surface area contributed by atoms with Crippen molar-refractivity contribution in [3.05, 3.63) is 29.8 Å². The summed E-state index contributed by atoms with van der Waals surface area (Å²) in [6, 6.07) is 7.94. The number of likely N-dealkylation sites (tertiary alicyclic amines) is 1. The molecule has 0 saturated carbocycles. The molecule has 0 aliphatic carbocycles. The number of carbonyl (C=O) groups is 1. The number of amides is 1.